The lowest BCUT2D eigenvalue weighted by Gasteiger charge is -2.38. The van der Waals surface area contributed by atoms with E-state index >= 15 is 0 Å². The van der Waals surface area contributed by atoms with E-state index in [4.69, 9.17) is 16.3 Å². The van der Waals surface area contributed by atoms with Crippen molar-refractivity contribution in [2.45, 2.75) is 50.1 Å². The molecule has 23 heavy (non-hydrogen) atoms. The minimum atomic E-state index is -0.559. The molecule has 1 heterocycles. The van der Waals surface area contributed by atoms with Crippen LogP contribution in [0.15, 0.2) is 23.1 Å². The average Bonchev–Trinajstić information content (AvgIpc) is 2.53. The molecule has 6 heteroatoms. The molecule has 2 rings (SSSR count). The Bertz CT molecular complexity index is 583. The molecule has 0 unspecified atom stereocenters. The largest absolute Gasteiger partial charge is 0.452 e. The summed E-state index contributed by atoms with van der Waals surface area (Å²) in [6.45, 7) is 3.83. The molecule has 1 fully saturated rings. The van der Waals surface area contributed by atoms with Crippen molar-refractivity contribution in [1.29, 1.82) is 0 Å². The molecule has 0 aliphatic carbocycles. The summed E-state index contributed by atoms with van der Waals surface area (Å²) in [5.74, 6) is -0.702. The van der Waals surface area contributed by atoms with Crippen LogP contribution in [0.25, 0.3) is 0 Å². The lowest BCUT2D eigenvalue weighted by molar-refractivity contribution is -0.140. The summed E-state index contributed by atoms with van der Waals surface area (Å²) in [5.41, 5.74) is 0.297. The number of amides is 1. The SMILES string of the molecule is CSc1ccc(Cl)c(C(=O)OCC(=O)N2[C@@H](C)CCC[C@@H]2C)c1. The molecule has 0 spiro atoms. The highest BCUT2D eigenvalue weighted by molar-refractivity contribution is 7.98. The fraction of sp³-hybridized carbons (Fsp3) is 0.529. The smallest absolute Gasteiger partial charge is 0.340 e. The van der Waals surface area contributed by atoms with Crippen LogP contribution in [0.2, 0.25) is 5.02 Å². The highest BCUT2D eigenvalue weighted by Crippen LogP contribution is 2.25. The number of rotatable bonds is 4. The molecule has 0 bridgehead atoms. The van der Waals surface area contributed by atoms with Crippen molar-refractivity contribution in [2.75, 3.05) is 12.9 Å². The molecular formula is C17H22ClNO3S. The van der Waals surface area contributed by atoms with Crippen molar-refractivity contribution in [2.24, 2.45) is 0 Å². The van der Waals surface area contributed by atoms with Gasteiger partial charge in [-0.15, -0.1) is 11.8 Å². The van der Waals surface area contributed by atoms with Gasteiger partial charge in [0.15, 0.2) is 6.61 Å². The molecule has 126 valence electrons. The number of carbonyl (C=O) groups excluding carboxylic acids is 2. The Morgan fingerprint density at radius 3 is 2.57 bits per heavy atom. The molecule has 0 radical (unpaired) electrons. The van der Waals surface area contributed by atoms with Gasteiger partial charge in [-0.25, -0.2) is 4.79 Å². The average molecular weight is 356 g/mol. The molecule has 1 amide bonds. The first-order valence-corrected chi connectivity index (χ1v) is 9.36. The van der Waals surface area contributed by atoms with E-state index in [0.717, 1.165) is 24.2 Å². The van der Waals surface area contributed by atoms with Crippen LogP contribution in [0.5, 0.6) is 0 Å². The van der Waals surface area contributed by atoms with Gasteiger partial charge in [0.05, 0.1) is 10.6 Å². The number of piperidine rings is 1. The number of hydrogen-bond acceptors (Lipinski definition) is 4. The van der Waals surface area contributed by atoms with Gasteiger partial charge >= 0.3 is 5.97 Å². The van der Waals surface area contributed by atoms with E-state index in [1.807, 2.05) is 31.1 Å². The van der Waals surface area contributed by atoms with Gasteiger partial charge in [0.1, 0.15) is 0 Å². The predicted molar refractivity (Wildman–Crippen MR) is 93.1 cm³/mol. The van der Waals surface area contributed by atoms with E-state index in [1.165, 1.54) is 11.8 Å². The van der Waals surface area contributed by atoms with E-state index in [9.17, 15) is 9.59 Å². The van der Waals surface area contributed by atoms with Crippen LogP contribution in [-0.2, 0) is 9.53 Å². The second kappa shape index (κ2) is 8.06. The zero-order valence-corrected chi connectivity index (χ0v) is 15.2. The molecule has 2 atom stereocenters. The number of thioether (sulfide) groups is 1. The third kappa shape index (κ3) is 4.42. The number of nitrogens with zero attached hydrogens (tertiary/aromatic N) is 1. The van der Waals surface area contributed by atoms with Crippen molar-refractivity contribution in [3.05, 3.63) is 28.8 Å². The molecule has 1 aliphatic rings. The summed E-state index contributed by atoms with van der Waals surface area (Å²) in [6, 6.07) is 5.57. The van der Waals surface area contributed by atoms with Crippen molar-refractivity contribution in [1.82, 2.24) is 4.90 Å². The Morgan fingerprint density at radius 1 is 1.30 bits per heavy atom. The minimum Gasteiger partial charge on any atom is -0.452 e. The summed E-state index contributed by atoms with van der Waals surface area (Å²) >= 11 is 7.57. The topological polar surface area (TPSA) is 46.6 Å². The first-order valence-electron chi connectivity index (χ1n) is 7.76. The quantitative estimate of drug-likeness (QED) is 0.604. The van der Waals surface area contributed by atoms with Gasteiger partial charge in [-0.3, -0.25) is 4.79 Å². The van der Waals surface area contributed by atoms with Gasteiger partial charge in [-0.1, -0.05) is 11.6 Å². The molecular weight excluding hydrogens is 334 g/mol. The number of esters is 1. The number of hydrogen-bond donors (Lipinski definition) is 0. The molecule has 0 aromatic heterocycles. The van der Waals surface area contributed by atoms with Crippen LogP contribution in [0.3, 0.4) is 0 Å². The van der Waals surface area contributed by atoms with Gasteiger partial charge in [0, 0.05) is 17.0 Å². The van der Waals surface area contributed by atoms with E-state index in [1.54, 1.807) is 12.1 Å². The van der Waals surface area contributed by atoms with Crippen molar-refractivity contribution < 1.29 is 14.3 Å². The standard InChI is InChI=1S/C17H22ClNO3S/c1-11-5-4-6-12(2)19(11)16(20)10-22-17(21)14-9-13(23-3)7-8-15(14)18/h7-9,11-12H,4-6,10H2,1-3H3/t11-,12-/m0/s1. The highest BCUT2D eigenvalue weighted by atomic mass is 35.5. The normalized spacial score (nSPS) is 21.1. The Balaban J connectivity index is 2.00. The number of ether oxygens (including phenoxy) is 1. The molecule has 4 nitrogen and oxygen atoms in total. The van der Waals surface area contributed by atoms with Crippen molar-refractivity contribution >= 4 is 35.2 Å². The lowest BCUT2D eigenvalue weighted by atomic mass is 9.97. The van der Waals surface area contributed by atoms with Gasteiger partial charge in [-0.2, -0.15) is 0 Å². The van der Waals surface area contributed by atoms with E-state index in [2.05, 4.69) is 0 Å². The molecule has 0 N–H and O–H groups in total. The molecule has 1 aliphatic heterocycles. The monoisotopic (exact) mass is 355 g/mol. The predicted octanol–water partition coefficient (Wildman–Crippen LogP) is 4.01. The summed E-state index contributed by atoms with van der Waals surface area (Å²) < 4.78 is 5.20. The van der Waals surface area contributed by atoms with Gasteiger partial charge in [-0.05, 0) is 57.6 Å². The van der Waals surface area contributed by atoms with Crippen molar-refractivity contribution in [3.8, 4) is 0 Å². The zero-order valence-electron chi connectivity index (χ0n) is 13.7. The summed E-state index contributed by atoms with van der Waals surface area (Å²) in [6.07, 6.45) is 5.03. The maximum Gasteiger partial charge on any atom is 0.340 e. The van der Waals surface area contributed by atoms with E-state index in [-0.39, 0.29) is 24.6 Å². The van der Waals surface area contributed by atoms with Crippen LogP contribution >= 0.6 is 23.4 Å². The van der Waals surface area contributed by atoms with Crippen LogP contribution < -0.4 is 0 Å². The molecule has 1 aromatic rings. The fourth-order valence-corrected chi connectivity index (χ4v) is 3.61. The first-order chi connectivity index (χ1) is 10.9. The summed E-state index contributed by atoms with van der Waals surface area (Å²) in [4.78, 5) is 27.3. The Hall–Kier alpha value is -1.20. The summed E-state index contributed by atoms with van der Waals surface area (Å²) in [5, 5.41) is 0.333. The number of likely N-dealkylation sites (tertiary alicyclic amines) is 1. The van der Waals surface area contributed by atoms with Crippen LogP contribution in [0.4, 0.5) is 0 Å². The second-order valence-electron chi connectivity index (χ2n) is 5.85. The van der Waals surface area contributed by atoms with E-state index in [0.29, 0.717) is 10.6 Å². The number of halogens is 1. The highest BCUT2D eigenvalue weighted by Gasteiger charge is 2.29. The van der Waals surface area contributed by atoms with Crippen LogP contribution in [0.1, 0.15) is 43.5 Å². The molecule has 1 saturated heterocycles. The maximum absolute atomic E-state index is 12.4. The third-order valence-electron chi connectivity index (χ3n) is 4.20. The Labute approximate surface area is 146 Å². The van der Waals surface area contributed by atoms with Crippen LogP contribution in [0, 0.1) is 0 Å². The van der Waals surface area contributed by atoms with Crippen LogP contribution in [-0.4, -0.2) is 41.7 Å². The number of benzene rings is 1. The Morgan fingerprint density at radius 2 is 1.96 bits per heavy atom. The molecule has 1 aromatic carbocycles. The van der Waals surface area contributed by atoms with Gasteiger partial charge in [0.2, 0.25) is 0 Å². The van der Waals surface area contributed by atoms with E-state index < -0.39 is 5.97 Å². The first kappa shape index (κ1) is 18.1. The lowest BCUT2D eigenvalue weighted by Crippen LogP contribution is -2.49. The Kier molecular flexibility index (Phi) is 6.36. The maximum atomic E-state index is 12.4. The van der Waals surface area contributed by atoms with Gasteiger partial charge in [0.25, 0.3) is 5.91 Å². The third-order valence-corrected chi connectivity index (χ3v) is 5.26. The zero-order chi connectivity index (χ0) is 17.0. The summed E-state index contributed by atoms with van der Waals surface area (Å²) in [7, 11) is 0. The minimum absolute atomic E-state index is 0.143. The van der Waals surface area contributed by atoms with Crippen molar-refractivity contribution in [3.63, 3.8) is 0 Å². The number of carbonyl (C=O) groups is 2. The van der Waals surface area contributed by atoms with Gasteiger partial charge < -0.3 is 9.64 Å². The fourth-order valence-electron chi connectivity index (χ4n) is 2.98. The second-order valence-corrected chi connectivity index (χ2v) is 7.14. The molecule has 0 saturated carbocycles.